The highest BCUT2D eigenvalue weighted by Gasteiger charge is 2.34. The van der Waals surface area contributed by atoms with Gasteiger partial charge in [-0.25, -0.2) is 0 Å². The van der Waals surface area contributed by atoms with E-state index < -0.39 is 11.7 Å². The summed E-state index contributed by atoms with van der Waals surface area (Å²) in [5.41, 5.74) is 4.70. The van der Waals surface area contributed by atoms with Gasteiger partial charge in [0, 0.05) is 5.69 Å². The summed E-state index contributed by atoms with van der Waals surface area (Å²) < 4.78 is 43.9. The minimum atomic E-state index is -4.57. The minimum absolute atomic E-state index is 0.00421. The molecule has 3 nitrogen and oxygen atoms in total. The molecular weight excluding hydrogens is 269 g/mol. The fourth-order valence-electron chi connectivity index (χ4n) is 1.61. The molecule has 2 rings (SSSR count). The Morgan fingerprint density at radius 1 is 1.10 bits per heavy atom. The van der Waals surface area contributed by atoms with Crippen LogP contribution in [0.4, 0.5) is 18.9 Å². The second-order valence-electron chi connectivity index (χ2n) is 4.00. The van der Waals surface area contributed by atoms with Crippen molar-refractivity contribution in [3.8, 4) is 17.6 Å². The Kier molecular flexibility index (Phi) is 3.53. The summed E-state index contributed by atoms with van der Waals surface area (Å²) in [7, 11) is 0. The summed E-state index contributed by atoms with van der Waals surface area (Å²) in [6.07, 6.45) is -4.57. The summed E-state index contributed by atoms with van der Waals surface area (Å²) in [6.45, 7) is 0. The first-order valence-electron chi connectivity index (χ1n) is 5.55. The van der Waals surface area contributed by atoms with Gasteiger partial charge in [-0.3, -0.25) is 0 Å². The van der Waals surface area contributed by atoms with Crippen molar-refractivity contribution in [1.29, 1.82) is 5.26 Å². The van der Waals surface area contributed by atoms with E-state index in [1.807, 2.05) is 6.07 Å². The first kappa shape index (κ1) is 13.7. The van der Waals surface area contributed by atoms with Crippen molar-refractivity contribution in [3.05, 3.63) is 53.6 Å². The van der Waals surface area contributed by atoms with Gasteiger partial charge in [-0.15, -0.1) is 0 Å². The summed E-state index contributed by atoms with van der Waals surface area (Å²) in [4.78, 5) is 0. The molecule has 102 valence electrons. The number of nitriles is 1. The van der Waals surface area contributed by atoms with E-state index in [0.717, 1.165) is 12.1 Å². The van der Waals surface area contributed by atoms with Crippen molar-refractivity contribution < 1.29 is 17.9 Å². The van der Waals surface area contributed by atoms with Crippen LogP contribution in [0, 0.1) is 11.3 Å². The molecule has 0 aliphatic rings. The number of alkyl halides is 3. The van der Waals surface area contributed by atoms with Crippen LogP contribution in [0.25, 0.3) is 0 Å². The number of anilines is 1. The lowest BCUT2D eigenvalue weighted by Gasteiger charge is -2.14. The number of nitrogens with two attached hydrogens (primary N) is 1. The van der Waals surface area contributed by atoms with Crippen molar-refractivity contribution in [2.75, 3.05) is 5.73 Å². The van der Waals surface area contributed by atoms with Crippen LogP contribution in [0.2, 0.25) is 0 Å². The van der Waals surface area contributed by atoms with Gasteiger partial charge in [-0.05, 0) is 36.4 Å². The Labute approximate surface area is 113 Å². The second-order valence-corrected chi connectivity index (χ2v) is 4.00. The smallest absolute Gasteiger partial charge is 0.420 e. The van der Waals surface area contributed by atoms with E-state index in [4.69, 9.17) is 15.7 Å². The zero-order valence-electron chi connectivity index (χ0n) is 10.1. The maximum absolute atomic E-state index is 12.9. The van der Waals surface area contributed by atoms with Crippen LogP contribution in [0.15, 0.2) is 42.5 Å². The average molecular weight is 278 g/mol. The highest BCUT2D eigenvalue weighted by atomic mass is 19.4. The van der Waals surface area contributed by atoms with Crippen molar-refractivity contribution in [2.45, 2.75) is 6.18 Å². The molecule has 0 heterocycles. The fourth-order valence-corrected chi connectivity index (χ4v) is 1.61. The molecule has 20 heavy (non-hydrogen) atoms. The van der Waals surface area contributed by atoms with Crippen molar-refractivity contribution in [1.82, 2.24) is 0 Å². The maximum atomic E-state index is 12.9. The quantitative estimate of drug-likeness (QED) is 0.846. The van der Waals surface area contributed by atoms with Gasteiger partial charge in [-0.1, -0.05) is 6.07 Å². The number of nitrogen functional groups attached to an aromatic ring is 1. The number of hydrogen-bond acceptors (Lipinski definition) is 3. The fraction of sp³-hybridized carbons (Fsp3) is 0.0714. The highest BCUT2D eigenvalue weighted by Crippen LogP contribution is 2.39. The van der Waals surface area contributed by atoms with Crippen LogP contribution in [0.5, 0.6) is 11.5 Å². The Balaban J connectivity index is 2.41. The molecular formula is C14H9F3N2O. The third kappa shape index (κ3) is 3.01. The van der Waals surface area contributed by atoms with E-state index in [9.17, 15) is 13.2 Å². The molecule has 2 aromatic carbocycles. The molecule has 6 heteroatoms. The van der Waals surface area contributed by atoms with Crippen LogP contribution < -0.4 is 10.5 Å². The number of halogens is 3. The van der Waals surface area contributed by atoms with Gasteiger partial charge in [0.05, 0.1) is 11.6 Å². The lowest BCUT2D eigenvalue weighted by Crippen LogP contribution is -2.08. The van der Waals surface area contributed by atoms with Gasteiger partial charge in [-0.2, -0.15) is 18.4 Å². The molecule has 0 bridgehead atoms. The van der Waals surface area contributed by atoms with E-state index in [1.54, 1.807) is 0 Å². The first-order chi connectivity index (χ1) is 9.40. The monoisotopic (exact) mass is 278 g/mol. The van der Waals surface area contributed by atoms with Crippen LogP contribution in [-0.2, 0) is 6.18 Å². The summed E-state index contributed by atoms with van der Waals surface area (Å²) in [5.74, 6) is -0.207. The van der Waals surface area contributed by atoms with Crippen LogP contribution in [0.3, 0.4) is 0 Å². The van der Waals surface area contributed by atoms with Gasteiger partial charge in [0.15, 0.2) is 0 Å². The Morgan fingerprint density at radius 3 is 2.50 bits per heavy atom. The molecule has 0 saturated heterocycles. The minimum Gasteiger partial charge on any atom is -0.457 e. The molecule has 0 aliphatic heterocycles. The molecule has 0 saturated carbocycles. The summed E-state index contributed by atoms with van der Waals surface area (Å²) in [6, 6.07) is 11.0. The molecule has 0 amide bonds. The van der Waals surface area contributed by atoms with Crippen LogP contribution >= 0.6 is 0 Å². The SMILES string of the molecule is N#Cc1cccc(Oc2ccc(N)cc2C(F)(F)F)c1. The van der Waals surface area contributed by atoms with Gasteiger partial charge in [0.2, 0.25) is 0 Å². The number of nitrogens with zero attached hydrogens (tertiary/aromatic N) is 1. The number of benzene rings is 2. The van der Waals surface area contributed by atoms with Gasteiger partial charge in [0.25, 0.3) is 0 Å². The summed E-state index contributed by atoms with van der Waals surface area (Å²) in [5, 5.41) is 8.75. The lowest BCUT2D eigenvalue weighted by atomic mass is 10.1. The van der Waals surface area contributed by atoms with Crippen LogP contribution in [0.1, 0.15) is 11.1 Å². The highest BCUT2D eigenvalue weighted by molar-refractivity contribution is 5.50. The summed E-state index contributed by atoms with van der Waals surface area (Å²) >= 11 is 0. The third-order valence-corrected chi connectivity index (χ3v) is 2.50. The van der Waals surface area contributed by atoms with Gasteiger partial charge in [0.1, 0.15) is 17.1 Å². The topological polar surface area (TPSA) is 59.0 Å². The van der Waals surface area contributed by atoms with Crippen molar-refractivity contribution >= 4 is 5.69 Å². The molecule has 2 aromatic rings. The Bertz CT molecular complexity index is 675. The molecule has 0 unspecified atom stereocenters. The molecule has 0 atom stereocenters. The number of hydrogen-bond donors (Lipinski definition) is 1. The normalized spacial score (nSPS) is 10.9. The zero-order valence-corrected chi connectivity index (χ0v) is 10.1. The average Bonchev–Trinajstić information content (AvgIpc) is 2.40. The molecule has 0 aliphatic carbocycles. The molecule has 0 fully saturated rings. The molecule has 2 N–H and O–H groups in total. The Hall–Kier alpha value is -2.68. The van der Waals surface area contributed by atoms with E-state index in [0.29, 0.717) is 5.56 Å². The first-order valence-corrected chi connectivity index (χ1v) is 5.55. The molecule has 0 spiro atoms. The van der Waals surface area contributed by atoms with Crippen LogP contribution in [-0.4, -0.2) is 0 Å². The lowest BCUT2D eigenvalue weighted by molar-refractivity contribution is -0.138. The predicted molar refractivity (Wildman–Crippen MR) is 67.1 cm³/mol. The zero-order chi connectivity index (χ0) is 14.8. The maximum Gasteiger partial charge on any atom is 0.420 e. The van der Waals surface area contributed by atoms with E-state index in [1.165, 1.54) is 30.3 Å². The van der Waals surface area contributed by atoms with E-state index in [2.05, 4.69) is 0 Å². The molecule has 0 aromatic heterocycles. The van der Waals surface area contributed by atoms with Crippen molar-refractivity contribution in [3.63, 3.8) is 0 Å². The predicted octanol–water partition coefficient (Wildman–Crippen LogP) is 3.95. The largest absolute Gasteiger partial charge is 0.457 e. The van der Waals surface area contributed by atoms with Crippen molar-refractivity contribution in [2.24, 2.45) is 0 Å². The molecule has 0 radical (unpaired) electrons. The number of rotatable bonds is 2. The third-order valence-electron chi connectivity index (χ3n) is 2.50. The van der Waals surface area contributed by atoms with E-state index in [-0.39, 0.29) is 17.2 Å². The second kappa shape index (κ2) is 5.13. The number of ether oxygens (including phenoxy) is 1. The van der Waals surface area contributed by atoms with Gasteiger partial charge < -0.3 is 10.5 Å². The standard InChI is InChI=1S/C14H9F3N2O/c15-14(16,17)12-7-10(19)4-5-13(12)20-11-3-1-2-9(6-11)8-18/h1-7H,19H2. The Morgan fingerprint density at radius 2 is 1.85 bits per heavy atom. The van der Waals surface area contributed by atoms with E-state index >= 15 is 0 Å². The van der Waals surface area contributed by atoms with Gasteiger partial charge >= 0.3 is 6.18 Å².